The molecule has 1 aromatic carbocycles. The van der Waals surface area contributed by atoms with Gasteiger partial charge in [-0.05, 0) is 51.8 Å². The fourth-order valence-corrected chi connectivity index (χ4v) is 3.55. The predicted octanol–water partition coefficient (Wildman–Crippen LogP) is 3.92. The Bertz CT molecular complexity index is 437. The Morgan fingerprint density at radius 3 is 2.67 bits per heavy atom. The van der Waals surface area contributed by atoms with E-state index in [4.69, 9.17) is 0 Å². The second kappa shape index (κ2) is 4.86. The lowest BCUT2D eigenvalue weighted by Gasteiger charge is -2.26. The van der Waals surface area contributed by atoms with Crippen molar-refractivity contribution in [1.29, 1.82) is 0 Å². The average Bonchev–Trinajstić information content (AvgIpc) is 2.56. The number of hydrogen-bond acceptors (Lipinski definition) is 2. The summed E-state index contributed by atoms with van der Waals surface area (Å²) in [6, 6.07) is 6.86. The van der Waals surface area contributed by atoms with E-state index >= 15 is 0 Å². The Labute approximate surface area is 118 Å². The van der Waals surface area contributed by atoms with Crippen LogP contribution < -0.4 is 4.90 Å². The molecule has 0 saturated heterocycles. The minimum Gasteiger partial charge on any atom is -0.390 e. The van der Waals surface area contributed by atoms with Crippen molar-refractivity contribution in [3.63, 3.8) is 0 Å². The minimum absolute atomic E-state index is 0.401. The van der Waals surface area contributed by atoms with E-state index in [2.05, 4.69) is 52.9 Å². The van der Waals surface area contributed by atoms with E-state index in [1.165, 1.54) is 11.3 Å². The molecular formula is C15H22BrNO. The molecule has 0 fully saturated rings. The minimum atomic E-state index is -0.621. The highest BCUT2D eigenvalue weighted by Crippen LogP contribution is 2.44. The molecule has 3 heteroatoms. The van der Waals surface area contributed by atoms with Crippen LogP contribution in [0.4, 0.5) is 5.69 Å². The molecule has 18 heavy (non-hydrogen) atoms. The molecule has 2 rings (SSSR count). The molecule has 1 aromatic rings. The van der Waals surface area contributed by atoms with E-state index in [1.54, 1.807) is 0 Å². The highest BCUT2D eigenvalue weighted by Gasteiger charge is 2.34. The van der Waals surface area contributed by atoms with E-state index in [9.17, 15) is 5.11 Å². The van der Waals surface area contributed by atoms with E-state index in [-0.39, 0.29) is 0 Å². The maximum Gasteiger partial charge on any atom is 0.0598 e. The van der Waals surface area contributed by atoms with Crippen LogP contribution in [0.15, 0.2) is 22.7 Å². The molecule has 1 heterocycles. The maximum absolute atomic E-state index is 10.1. The smallest absolute Gasteiger partial charge is 0.0598 e. The Morgan fingerprint density at radius 1 is 1.44 bits per heavy atom. The molecule has 1 aliphatic heterocycles. The van der Waals surface area contributed by atoms with Gasteiger partial charge in [-0.25, -0.2) is 0 Å². The van der Waals surface area contributed by atoms with Crippen molar-refractivity contribution >= 4 is 21.6 Å². The van der Waals surface area contributed by atoms with Crippen molar-refractivity contribution in [3.8, 4) is 0 Å². The highest BCUT2D eigenvalue weighted by atomic mass is 79.9. The topological polar surface area (TPSA) is 23.5 Å². The number of fused-ring (bicyclic) bond motifs is 1. The Hall–Kier alpha value is -0.540. The molecule has 1 unspecified atom stereocenters. The van der Waals surface area contributed by atoms with Crippen LogP contribution in [-0.2, 0) is 0 Å². The third-order valence-corrected chi connectivity index (χ3v) is 4.23. The zero-order chi connectivity index (χ0) is 13.5. The summed E-state index contributed by atoms with van der Waals surface area (Å²) in [4.78, 5) is 2.43. The largest absolute Gasteiger partial charge is 0.390 e. The van der Waals surface area contributed by atoms with Crippen LogP contribution in [-0.4, -0.2) is 23.3 Å². The van der Waals surface area contributed by atoms with E-state index in [1.807, 2.05) is 13.8 Å². The molecule has 1 atom stereocenters. The third kappa shape index (κ3) is 2.72. The molecule has 0 bridgehead atoms. The SMILES string of the molecule is CC(C)N1CC(CC(C)(C)O)c2c(Br)cccc21. The first-order valence-electron chi connectivity index (χ1n) is 6.57. The summed E-state index contributed by atoms with van der Waals surface area (Å²) >= 11 is 3.66. The molecule has 1 N–H and O–H groups in total. The summed E-state index contributed by atoms with van der Waals surface area (Å²) < 4.78 is 1.16. The van der Waals surface area contributed by atoms with Crippen LogP contribution in [0.5, 0.6) is 0 Å². The fourth-order valence-electron chi connectivity index (χ4n) is 2.87. The number of anilines is 1. The molecule has 0 aliphatic carbocycles. The quantitative estimate of drug-likeness (QED) is 0.914. The summed E-state index contributed by atoms with van der Waals surface area (Å²) in [7, 11) is 0. The molecule has 0 radical (unpaired) electrons. The van der Waals surface area contributed by atoms with Gasteiger partial charge in [-0.3, -0.25) is 0 Å². The van der Waals surface area contributed by atoms with E-state index < -0.39 is 5.60 Å². The second-order valence-electron chi connectivity index (χ2n) is 6.13. The average molecular weight is 312 g/mol. The maximum atomic E-state index is 10.1. The first-order valence-corrected chi connectivity index (χ1v) is 7.36. The lowest BCUT2D eigenvalue weighted by molar-refractivity contribution is 0.0642. The predicted molar refractivity (Wildman–Crippen MR) is 80.3 cm³/mol. The first kappa shape index (κ1) is 13.9. The van der Waals surface area contributed by atoms with Gasteiger partial charge >= 0.3 is 0 Å². The number of benzene rings is 1. The third-order valence-electron chi connectivity index (χ3n) is 3.53. The Morgan fingerprint density at radius 2 is 2.11 bits per heavy atom. The molecule has 0 spiro atoms. The van der Waals surface area contributed by atoms with Crippen molar-refractivity contribution in [2.75, 3.05) is 11.4 Å². The van der Waals surface area contributed by atoms with Crippen LogP contribution in [0, 0.1) is 0 Å². The molecule has 100 valence electrons. The highest BCUT2D eigenvalue weighted by molar-refractivity contribution is 9.10. The molecule has 0 aromatic heterocycles. The Kier molecular flexibility index (Phi) is 3.75. The van der Waals surface area contributed by atoms with Crippen molar-refractivity contribution in [1.82, 2.24) is 0 Å². The zero-order valence-electron chi connectivity index (χ0n) is 11.6. The van der Waals surface area contributed by atoms with Crippen molar-refractivity contribution < 1.29 is 5.11 Å². The van der Waals surface area contributed by atoms with Gasteiger partial charge in [0.1, 0.15) is 0 Å². The van der Waals surface area contributed by atoms with Gasteiger partial charge in [0, 0.05) is 28.7 Å². The standard InChI is InChI=1S/C15H22BrNO/c1-10(2)17-9-11(8-15(3,4)18)14-12(16)6-5-7-13(14)17/h5-7,10-11,18H,8-9H2,1-4H3. The Balaban J connectivity index is 2.38. The number of rotatable bonds is 3. The van der Waals surface area contributed by atoms with Crippen LogP contribution >= 0.6 is 15.9 Å². The molecule has 2 nitrogen and oxygen atoms in total. The van der Waals surface area contributed by atoms with Crippen molar-refractivity contribution in [2.24, 2.45) is 0 Å². The lowest BCUT2D eigenvalue weighted by atomic mass is 9.89. The molecule has 0 amide bonds. The van der Waals surface area contributed by atoms with Gasteiger partial charge in [-0.15, -0.1) is 0 Å². The van der Waals surface area contributed by atoms with Crippen LogP contribution in [0.1, 0.15) is 45.6 Å². The molecule has 0 saturated carbocycles. The van der Waals surface area contributed by atoms with Gasteiger partial charge in [0.15, 0.2) is 0 Å². The summed E-state index contributed by atoms with van der Waals surface area (Å²) in [6.07, 6.45) is 0.797. The molecular weight excluding hydrogens is 290 g/mol. The summed E-state index contributed by atoms with van der Waals surface area (Å²) in [5, 5.41) is 10.1. The van der Waals surface area contributed by atoms with Crippen LogP contribution in [0.2, 0.25) is 0 Å². The second-order valence-corrected chi connectivity index (χ2v) is 6.99. The first-order chi connectivity index (χ1) is 8.29. The molecule has 1 aliphatic rings. The zero-order valence-corrected chi connectivity index (χ0v) is 13.2. The normalized spacial score (nSPS) is 19.5. The van der Waals surface area contributed by atoms with Crippen molar-refractivity contribution in [3.05, 3.63) is 28.2 Å². The number of nitrogens with zero attached hydrogens (tertiary/aromatic N) is 1. The van der Waals surface area contributed by atoms with Gasteiger partial charge in [0.05, 0.1) is 5.60 Å². The van der Waals surface area contributed by atoms with Gasteiger partial charge in [0.2, 0.25) is 0 Å². The van der Waals surface area contributed by atoms with Gasteiger partial charge in [-0.2, -0.15) is 0 Å². The monoisotopic (exact) mass is 311 g/mol. The number of halogens is 1. The van der Waals surface area contributed by atoms with Crippen LogP contribution in [0.3, 0.4) is 0 Å². The number of aliphatic hydroxyl groups is 1. The van der Waals surface area contributed by atoms with Crippen LogP contribution in [0.25, 0.3) is 0 Å². The van der Waals surface area contributed by atoms with Crippen molar-refractivity contribution in [2.45, 2.75) is 51.7 Å². The van der Waals surface area contributed by atoms with Gasteiger partial charge in [0.25, 0.3) is 0 Å². The summed E-state index contributed by atoms with van der Waals surface area (Å²) in [5.41, 5.74) is 2.05. The van der Waals surface area contributed by atoms with Gasteiger partial charge in [-0.1, -0.05) is 22.0 Å². The van der Waals surface area contributed by atoms with E-state index in [0.29, 0.717) is 12.0 Å². The van der Waals surface area contributed by atoms with Gasteiger partial charge < -0.3 is 10.0 Å². The van der Waals surface area contributed by atoms with E-state index in [0.717, 1.165) is 17.4 Å². The number of hydrogen-bond donors (Lipinski definition) is 1. The summed E-state index contributed by atoms with van der Waals surface area (Å²) in [6.45, 7) is 9.22. The lowest BCUT2D eigenvalue weighted by Crippen LogP contribution is -2.31. The summed E-state index contributed by atoms with van der Waals surface area (Å²) in [5.74, 6) is 0.401. The fraction of sp³-hybridized carbons (Fsp3) is 0.600.